The zero-order valence-corrected chi connectivity index (χ0v) is 14.7. The second-order valence-electron chi connectivity index (χ2n) is 6.95. The van der Waals surface area contributed by atoms with Crippen LogP contribution in [-0.4, -0.2) is 31.0 Å². The average molecular weight is 357 g/mol. The smallest absolute Gasteiger partial charge is 0.178 e. The highest BCUT2D eigenvalue weighted by atomic mass is 16.3. The minimum absolute atomic E-state index is 0.256. The number of aromatic hydroxyl groups is 1. The van der Waals surface area contributed by atoms with Crippen LogP contribution >= 0.6 is 0 Å². The summed E-state index contributed by atoms with van der Waals surface area (Å²) >= 11 is 0. The van der Waals surface area contributed by atoms with E-state index in [-0.39, 0.29) is 5.75 Å². The van der Waals surface area contributed by atoms with Gasteiger partial charge in [-0.25, -0.2) is 0 Å². The van der Waals surface area contributed by atoms with Crippen molar-refractivity contribution in [2.24, 2.45) is 0 Å². The van der Waals surface area contributed by atoms with E-state index in [0.717, 1.165) is 29.3 Å². The number of nitrogens with zero attached hydrogens (tertiary/aromatic N) is 4. The van der Waals surface area contributed by atoms with Gasteiger partial charge in [0, 0.05) is 18.4 Å². The molecule has 2 N–H and O–H groups in total. The van der Waals surface area contributed by atoms with Crippen molar-refractivity contribution in [1.82, 2.24) is 19.8 Å². The molecular weight excluding hydrogens is 338 g/mol. The Hall–Kier alpha value is -3.41. The molecule has 2 aromatic carbocycles. The van der Waals surface area contributed by atoms with E-state index in [1.54, 1.807) is 16.6 Å². The van der Waals surface area contributed by atoms with Crippen LogP contribution in [0.2, 0.25) is 0 Å². The van der Waals surface area contributed by atoms with E-state index in [0.29, 0.717) is 18.4 Å². The molecule has 6 nitrogen and oxygen atoms in total. The molecule has 0 unspecified atom stereocenters. The molecule has 1 aliphatic rings. The van der Waals surface area contributed by atoms with E-state index in [1.807, 2.05) is 30.3 Å². The first-order valence-corrected chi connectivity index (χ1v) is 9.07. The Kier molecular flexibility index (Phi) is 3.74. The van der Waals surface area contributed by atoms with Gasteiger partial charge in [-0.1, -0.05) is 42.5 Å². The first kappa shape index (κ1) is 15.8. The lowest BCUT2D eigenvalue weighted by Gasteiger charge is -2.06. The van der Waals surface area contributed by atoms with E-state index in [9.17, 15) is 5.11 Å². The molecule has 6 heteroatoms. The zero-order chi connectivity index (χ0) is 18.2. The van der Waals surface area contributed by atoms with Crippen LogP contribution in [0.25, 0.3) is 5.65 Å². The Morgan fingerprint density at radius 3 is 2.59 bits per heavy atom. The fraction of sp³-hybridized carbons (Fsp3) is 0.190. The Morgan fingerprint density at radius 1 is 0.963 bits per heavy atom. The van der Waals surface area contributed by atoms with Crippen molar-refractivity contribution in [3.05, 3.63) is 83.7 Å². The van der Waals surface area contributed by atoms with Crippen LogP contribution in [0.15, 0.2) is 66.7 Å². The van der Waals surface area contributed by atoms with E-state index >= 15 is 0 Å². The molecule has 2 atom stereocenters. The van der Waals surface area contributed by atoms with Gasteiger partial charge in [0.05, 0.1) is 0 Å². The highest BCUT2D eigenvalue weighted by Crippen LogP contribution is 2.42. The van der Waals surface area contributed by atoms with Crippen molar-refractivity contribution in [3.63, 3.8) is 0 Å². The molecule has 0 aliphatic heterocycles. The fourth-order valence-electron chi connectivity index (χ4n) is 3.43. The first-order chi connectivity index (χ1) is 13.3. The van der Waals surface area contributed by atoms with Crippen molar-refractivity contribution >= 4 is 11.5 Å². The normalized spacial score (nSPS) is 18.5. The van der Waals surface area contributed by atoms with Crippen molar-refractivity contribution in [3.8, 4) is 5.75 Å². The number of rotatable bonds is 5. The SMILES string of the molecule is Oc1ccc(Cc2nnc3ccc(N[C@@H]4C[C@H]4c4ccccc4)nn23)cc1. The molecule has 1 aliphatic carbocycles. The van der Waals surface area contributed by atoms with Crippen LogP contribution in [0.3, 0.4) is 0 Å². The molecule has 2 heterocycles. The summed E-state index contributed by atoms with van der Waals surface area (Å²) in [5.74, 6) is 2.40. The minimum Gasteiger partial charge on any atom is -0.508 e. The number of hydrogen-bond donors (Lipinski definition) is 2. The van der Waals surface area contributed by atoms with Gasteiger partial charge >= 0.3 is 0 Å². The van der Waals surface area contributed by atoms with Gasteiger partial charge in [0.1, 0.15) is 11.6 Å². The molecule has 27 heavy (non-hydrogen) atoms. The highest BCUT2D eigenvalue weighted by Gasteiger charge is 2.38. The minimum atomic E-state index is 0.256. The molecular formula is C21H19N5O. The van der Waals surface area contributed by atoms with Gasteiger partial charge in [0.25, 0.3) is 0 Å². The van der Waals surface area contributed by atoms with E-state index < -0.39 is 0 Å². The summed E-state index contributed by atoms with van der Waals surface area (Å²) < 4.78 is 1.79. The molecule has 1 saturated carbocycles. The maximum atomic E-state index is 9.43. The van der Waals surface area contributed by atoms with Crippen LogP contribution in [0.1, 0.15) is 29.3 Å². The van der Waals surface area contributed by atoms with Gasteiger partial charge in [0.15, 0.2) is 11.5 Å². The van der Waals surface area contributed by atoms with Crippen LogP contribution in [0, 0.1) is 0 Å². The van der Waals surface area contributed by atoms with Crippen molar-refractivity contribution in [1.29, 1.82) is 0 Å². The number of nitrogens with one attached hydrogen (secondary N) is 1. The monoisotopic (exact) mass is 357 g/mol. The maximum absolute atomic E-state index is 9.43. The van der Waals surface area contributed by atoms with Crippen LogP contribution in [0.4, 0.5) is 5.82 Å². The molecule has 0 bridgehead atoms. The van der Waals surface area contributed by atoms with Gasteiger partial charge in [-0.3, -0.25) is 0 Å². The number of anilines is 1. The topological polar surface area (TPSA) is 75.3 Å². The fourth-order valence-corrected chi connectivity index (χ4v) is 3.43. The quantitative estimate of drug-likeness (QED) is 0.573. The Bertz CT molecular complexity index is 1070. The summed E-state index contributed by atoms with van der Waals surface area (Å²) in [6.07, 6.45) is 1.72. The largest absolute Gasteiger partial charge is 0.508 e. The Labute approximate surface area is 156 Å². The lowest BCUT2D eigenvalue weighted by atomic mass is 10.1. The van der Waals surface area contributed by atoms with E-state index in [4.69, 9.17) is 0 Å². The molecule has 4 aromatic rings. The van der Waals surface area contributed by atoms with E-state index in [2.05, 4.69) is 44.9 Å². The standard InChI is InChI=1S/C21H19N5O/c27-16-8-6-14(7-9-16)12-21-24-23-20-11-10-19(25-26(20)21)22-18-13-17(18)15-4-2-1-3-5-15/h1-11,17-18,27H,12-13H2,(H,22,25)/t17-,18+/m0/s1. The predicted octanol–water partition coefficient (Wildman–Crippen LogP) is 3.39. The summed E-state index contributed by atoms with van der Waals surface area (Å²) in [5, 5.41) is 26.1. The number of phenolic OH excluding ortho intramolecular Hbond substituents is 1. The highest BCUT2D eigenvalue weighted by molar-refractivity contribution is 5.47. The van der Waals surface area contributed by atoms with Crippen LogP contribution in [-0.2, 0) is 6.42 Å². The number of fused-ring (bicyclic) bond motifs is 1. The number of aromatic nitrogens is 4. The molecule has 0 saturated heterocycles. The number of phenols is 1. The third kappa shape index (κ3) is 3.21. The number of hydrogen-bond acceptors (Lipinski definition) is 5. The van der Waals surface area contributed by atoms with Gasteiger partial charge in [-0.15, -0.1) is 15.3 Å². The summed E-state index contributed by atoms with van der Waals surface area (Å²) in [6, 6.07) is 22.0. The molecule has 134 valence electrons. The second-order valence-corrected chi connectivity index (χ2v) is 6.95. The van der Waals surface area contributed by atoms with Gasteiger partial charge in [0.2, 0.25) is 0 Å². The van der Waals surface area contributed by atoms with Gasteiger partial charge < -0.3 is 10.4 Å². The lowest BCUT2D eigenvalue weighted by Crippen LogP contribution is -2.09. The van der Waals surface area contributed by atoms with Crippen LogP contribution in [0.5, 0.6) is 5.75 Å². The van der Waals surface area contributed by atoms with Crippen molar-refractivity contribution in [2.75, 3.05) is 5.32 Å². The predicted molar refractivity (Wildman–Crippen MR) is 103 cm³/mol. The average Bonchev–Trinajstić information content (AvgIpc) is 3.36. The van der Waals surface area contributed by atoms with Crippen LogP contribution < -0.4 is 5.32 Å². The Morgan fingerprint density at radius 2 is 1.78 bits per heavy atom. The first-order valence-electron chi connectivity index (χ1n) is 9.07. The van der Waals surface area contributed by atoms with E-state index in [1.165, 1.54) is 5.56 Å². The lowest BCUT2D eigenvalue weighted by molar-refractivity contribution is 0.475. The summed E-state index contributed by atoms with van der Waals surface area (Å²) in [7, 11) is 0. The second kappa shape index (κ2) is 6.39. The summed E-state index contributed by atoms with van der Waals surface area (Å²) in [6.45, 7) is 0. The third-order valence-corrected chi connectivity index (χ3v) is 4.98. The molecule has 2 aromatic heterocycles. The number of benzene rings is 2. The van der Waals surface area contributed by atoms with Crippen molar-refractivity contribution in [2.45, 2.75) is 24.8 Å². The van der Waals surface area contributed by atoms with Gasteiger partial charge in [-0.05, 0) is 41.8 Å². The third-order valence-electron chi connectivity index (χ3n) is 4.98. The molecule has 0 radical (unpaired) electrons. The molecule has 0 spiro atoms. The molecule has 0 amide bonds. The maximum Gasteiger partial charge on any atom is 0.178 e. The summed E-state index contributed by atoms with van der Waals surface area (Å²) in [4.78, 5) is 0. The Balaban J connectivity index is 1.35. The van der Waals surface area contributed by atoms with Gasteiger partial charge in [-0.2, -0.15) is 4.52 Å². The van der Waals surface area contributed by atoms with Crippen molar-refractivity contribution < 1.29 is 5.11 Å². The zero-order valence-electron chi connectivity index (χ0n) is 14.7. The molecule has 5 rings (SSSR count). The summed E-state index contributed by atoms with van der Waals surface area (Å²) in [5.41, 5.74) is 3.15. The molecule has 1 fully saturated rings.